The zero-order valence-electron chi connectivity index (χ0n) is 18.7. The number of nitrogens with zero attached hydrogens (tertiary/aromatic N) is 2. The maximum atomic E-state index is 12.3. The van der Waals surface area contributed by atoms with Crippen LogP contribution in [0, 0.1) is 0 Å². The highest BCUT2D eigenvalue weighted by Gasteiger charge is 2.23. The van der Waals surface area contributed by atoms with Crippen LogP contribution in [0.25, 0.3) is 22.2 Å². The van der Waals surface area contributed by atoms with Crippen molar-refractivity contribution in [2.75, 3.05) is 11.9 Å². The van der Waals surface area contributed by atoms with Gasteiger partial charge < -0.3 is 20.9 Å². The molecule has 0 radical (unpaired) electrons. The van der Waals surface area contributed by atoms with Gasteiger partial charge in [-0.3, -0.25) is 4.79 Å². The summed E-state index contributed by atoms with van der Waals surface area (Å²) >= 11 is 6.36. The van der Waals surface area contributed by atoms with E-state index in [2.05, 4.69) is 37.0 Å². The number of halogens is 1. The largest absolute Gasteiger partial charge is 0.367 e. The molecule has 2 aliphatic rings. The maximum absolute atomic E-state index is 12.3. The topological polar surface area (TPSA) is 94.7 Å². The average molecular weight is 467 g/mol. The first-order valence-corrected chi connectivity index (χ1v) is 12.4. The Morgan fingerprint density at radius 1 is 1.06 bits per heavy atom. The molecule has 0 unspecified atom stereocenters. The molecular formula is C25H31ClN6O. The van der Waals surface area contributed by atoms with E-state index < -0.39 is 0 Å². The second kappa shape index (κ2) is 10.1. The van der Waals surface area contributed by atoms with Crippen molar-refractivity contribution >= 4 is 34.4 Å². The molecule has 0 aromatic carbocycles. The molecular weight excluding hydrogens is 436 g/mol. The van der Waals surface area contributed by atoms with E-state index >= 15 is 0 Å². The number of amides is 1. The molecule has 0 atom stereocenters. The van der Waals surface area contributed by atoms with Gasteiger partial charge in [0.2, 0.25) is 5.91 Å². The van der Waals surface area contributed by atoms with Crippen molar-refractivity contribution in [1.82, 2.24) is 25.6 Å². The summed E-state index contributed by atoms with van der Waals surface area (Å²) in [7, 11) is 0. The Morgan fingerprint density at radius 3 is 2.67 bits per heavy atom. The number of carbonyl (C=O) groups is 1. The third-order valence-electron chi connectivity index (χ3n) is 6.91. The predicted molar refractivity (Wildman–Crippen MR) is 132 cm³/mol. The lowest BCUT2D eigenvalue weighted by atomic mass is 9.91. The van der Waals surface area contributed by atoms with Crippen LogP contribution in [0.4, 0.5) is 5.82 Å². The van der Waals surface area contributed by atoms with Crippen molar-refractivity contribution in [3.05, 3.63) is 41.8 Å². The molecule has 2 saturated carbocycles. The monoisotopic (exact) mass is 466 g/mol. The van der Waals surface area contributed by atoms with Crippen LogP contribution >= 0.6 is 11.6 Å². The van der Waals surface area contributed by atoms with Crippen molar-refractivity contribution in [2.24, 2.45) is 0 Å². The molecule has 3 heterocycles. The van der Waals surface area contributed by atoms with Crippen molar-refractivity contribution < 1.29 is 4.79 Å². The highest BCUT2D eigenvalue weighted by atomic mass is 35.5. The Labute approximate surface area is 199 Å². The third kappa shape index (κ3) is 5.47. The van der Waals surface area contributed by atoms with Gasteiger partial charge in [-0.05, 0) is 68.4 Å². The number of pyridine rings is 2. The number of H-pyrrole nitrogens is 1. The molecule has 0 aliphatic heterocycles. The van der Waals surface area contributed by atoms with E-state index in [1.807, 2.05) is 24.4 Å². The molecule has 3 aromatic rings. The second-order valence-corrected chi connectivity index (χ2v) is 9.68. The van der Waals surface area contributed by atoms with Crippen molar-refractivity contribution in [3.63, 3.8) is 0 Å². The fourth-order valence-electron chi connectivity index (χ4n) is 5.16. The fourth-order valence-corrected chi connectivity index (χ4v) is 5.37. The average Bonchev–Trinajstić information content (AvgIpc) is 3.49. The fraction of sp³-hybridized carbons (Fsp3) is 0.480. The molecule has 2 aliphatic carbocycles. The minimum Gasteiger partial charge on any atom is -0.367 e. The summed E-state index contributed by atoms with van der Waals surface area (Å²) in [5.74, 6) is 0.900. The first kappa shape index (κ1) is 22.2. The molecule has 0 bridgehead atoms. The Bertz CT molecular complexity index is 1100. The van der Waals surface area contributed by atoms with Gasteiger partial charge in [0.05, 0.1) is 6.54 Å². The number of hydrogen-bond acceptors (Lipinski definition) is 5. The van der Waals surface area contributed by atoms with Gasteiger partial charge in [-0.1, -0.05) is 24.4 Å². The number of aromatic nitrogens is 3. The number of anilines is 1. The zero-order valence-corrected chi connectivity index (χ0v) is 19.5. The molecule has 174 valence electrons. The lowest BCUT2D eigenvalue weighted by molar-refractivity contribution is -0.121. The second-order valence-electron chi connectivity index (χ2n) is 9.29. The van der Waals surface area contributed by atoms with Crippen molar-refractivity contribution in [1.29, 1.82) is 0 Å². The number of carbonyl (C=O) groups excluding carboxylic acids is 1. The minimum absolute atomic E-state index is 0.118. The summed E-state index contributed by atoms with van der Waals surface area (Å²) in [6.07, 6.45) is 12.6. The molecule has 1 amide bonds. The Kier molecular flexibility index (Phi) is 6.78. The first-order valence-electron chi connectivity index (χ1n) is 12.0. The molecule has 0 saturated heterocycles. The maximum Gasteiger partial charge on any atom is 0.234 e. The third-order valence-corrected chi connectivity index (χ3v) is 7.10. The predicted octanol–water partition coefficient (Wildman–Crippen LogP) is 4.65. The number of hydrogen-bond donors (Lipinski definition) is 4. The molecule has 33 heavy (non-hydrogen) atoms. The van der Waals surface area contributed by atoms with Gasteiger partial charge in [0, 0.05) is 41.5 Å². The summed E-state index contributed by atoms with van der Waals surface area (Å²) in [6.45, 7) is 0.432. The summed E-state index contributed by atoms with van der Waals surface area (Å²) in [4.78, 5) is 24.4. The van der Waals surface area contributed by atoms with Crippen LogP contribution in [0.3, 0.4) is 0 Å². The smallest absolute Gasteiger partial charge is 0.234 e. The number of nitrogens with one attached hydrogen (secondary N) is 4. The summed E-state index contributed by atoms with van der Waals surface area (Å²) in [5.41, 5.74) is 2.92. The van der Waals surface area contributed by atoms with E-state index in [1.165, 1.54) is 25.7 Å². The normalized spacial score (nSPS) is 21.4. The van der Waals surface area contributed by atoms with Crippen LogP contribution in [0.2, 0.25) is 5.15 Å². The van der Waals surface area contributed by atoms with E-state index in [0.29, 0.717) is 23.8 Å². The molecule has 4 N–H and O–H groups in total. The van der Waals surface area contributed by atoms with Crippen LogP contribution < -0.4 is 16.0 Å². The number of aromatic amines is 1. The Balaban J connectivity index is 1.15. The Morgan fingerprint density at radius 2 is 1.85 bits per heavy atom. The van der Waals surface area contributed by atoms with Crippen LogP contribution in [-0.4, -0.2) is 45.5 Å². The standard InChI is InChI=1S/C25H31ClN6O/c26-22-12-16(21-14-29-25-20(21)6-3-11-27-25)13-23(32-22)30-18-7-9-19(10-8-18)31-24(33)15-28-17-4-1-2-5-17/h3,6,11-14,17-19,28H,1-2,4-5,7-10,15H2,(H,27,29)(H,30,32)(H,31,33). The summed E-state index contributed by atoms with van der Waals surface area (Å²) < 4.78 is 0. The van der Waals surface area contributed by atoms with Crippen LogP contribution in [0.1, 0.15) is 51.4 Å². The van der Waals surface area contributed by atoms with Gasteiger partial charge in [-0.2, -0.15) is 0 Å². The van der Waals surface area contributed by atoms with Crippen molar-refractivity contribution in [3.8, 4) is 11.1 Å². The van der Waals surface area contributed by atoms with E-state index in [4.69, 9.17) is 11.6 Å². The van der Waals surface area contributed by atoms with Crippen LogP contribution in [0.5, 0.6) is 0 Å². The minimum atomic E-state index is 0.118. The van der Waals surface area contributed by atoms with Crippen molar-refractivity contribution in [2.45, 2.75) is 69.5 Å². The quantitative estimate of drug-likeness (QED) is 0.380. The van der Waals surface area contributed by atoms with Gasteiger partial charge >= 0.3 is 0 Å². The molecule has 7 nitrogen and oxygen atoms in total. The molecule has 8 heteroatoms. The van der Waals surface area contributed by atoms with Crippen LogP contribution in [0.15, 0.2) is 36.7 Å². The van der Waals surface area contributed by atoms with Gasteiger partial charge in [0.25, 0.3) is 0 Å². The van der Waals surface area contributed by atoms with E-state index in [-0.39, 0.29) is 11.9 Å². The number of fused-ring (bicyclic) bond motifs is 1. The number of rotatable bonds is 7. The zero-order chi connectivity index (χ0) is 22.6. The Hall–Kier alpha value is -2.64. The SMILES string of the molecule is O=C(CNC1CCCC1)NC1CCC(Nc2cc(-c3c[nH]c4ncccc34)cc(Cl)n2)CC1. The van der Waals surface area contributed by atoms with E-state index in [9.17, 15) is 4.79 Å². The van der Waals surface area contributed by atoms with Gasteiger partial charge in [0.1, 0.15) is 16.6 Å². The van der Waals surface area contributed by atoms with Gasteiger partial charge in [-0.25, -0.2) is 9.97 Å². The molecule has 0 spiro atoms. The van der Waals surface area contributed by atoms with Gasteiger partial charge in [-0.15, -0.1) is 0 Å². The highest BCUT2D eigenvalue weighted by molar-refractivity contribution is 6.29. The summed E-state index contributed by atoms with van der Waals surface area (Å²) in [5, 5.41) is 11.7. The molecule has 2 fully saturated rings. The summed E-state index contributed by atoms with van der Waals surface area (Å²) in [6, 6.07) is 9.00. The van der Waals surface area contributed by atoms with Crippen LogP contribution in [-0.2, 0) is 4.79 Å². The molecule has 3 aromatic heterocycles. The van der Waals surface area contributed by atoms with E-state index in [1.54, 1.807) is 6.20 Å². The lowest BCUT2D eigenvalue weighted by Crippen LogP contribution is -2.45. The molecule has 5 rings (SSSR count). The first-order chi connectivity index (χ1) is 16.1. The van der Waals surface area contributed by atoms with E-state index in [0.717, 1.165) is 53.7 Å². The highest BCUT2D eigenvalue weighted by Crippen LogP contribution is 2.31. The van der Waals surface area contributed by atoms with Gasteiger partial charge in [0.15, 0.2) is 0 Å². The lowest BCUT2D eigenvalue weighted by Gasteiger charge is -2.30.